The van der Waals surface area contributed by atoms with Crippen molar-refractivity contribution in [3.8, 4) is 11.6 Å². The number of benzene rings is 1. The largest absolute Gasteiger partial charge is 0.338 e. The van der Waals surface area contributed by atoms with Crippen LogP contribution in [0.2, 0.25) is 0 Å². The van der Waals surface area contributed by atoms with Crippen molar-refractivity contribution in [2.45, 2.75) is 10.6 Å². The van der Waals surface area contributed by atoms with E-state index >= 15 is 0 Å². The van der Waals surface area contributed by atoms with Crippen LogP contribution in [0.15, 0.2) is 40.0 Å². The average molecular weight is 309 g/mol. The van der Waals surface area contributed by atoms with Gasteiger partial charge in [0.2, 0.25) is 11.7 Å². The molecule has 1 N–H and O–H groups in total. The first-order valence-corrected chi connectivity index (χ1v) is 7.37. The summed E-state index contributed by atoms with van der Waals surface area (Å²) in [5.74, 6) is -1.27. The van der Waals surface area contributed by atoms with Gasteiger partial charge in [0.05, 0.1) is 0 Å². The van der Waals surface area contributed by atoms with Gasteiger partial charge in [-0.15, -0.1) is 0 Å². The molecule has 10 heteroatoms. The van der Waals surface area contributed by atoms with Crippen LogP contribution in [0.5, 0.6) is 0 Å². The summed E-state index contributed by atoms with van der Waals surface area (Å²) in [6, 6.07) is 5.09. The maximum absolute atomic E-state index is 13.5. The lowest BCUT2D eigenvalue weighted by molar-refractivity contribution is 0.389. The monoisotopic (exact) mass is 309 g/mol. The smallest absolute Gasteiger partial charge is 0.242 e. The van der Waals surface area contributed by atoms with Crippen LogP contribution in [0.4, 0.5) is 4.39 Å². The third-order valence-electron chi connectivity index (χ3n) is 2.58. The molecule has 0 saturated heterocycles. The van der Waals surface area contributed by atoms with Crippen molar-refractivity contribution in [1.82, 2.24) is 25.3 Å². The predicted octanol–water partition coefficient (Wildman–Crippen LogP) is 0.968. The number of H-pyrrole nitrogens is 1. The zero-order valence-electron chi connectivity index (χ0n) is 10.4. The Bertz CT molecular complexity index is 860. The Morgan fingerprint density at radius 3 is 2.81 bits per heavy atom. The molecule has 0 saturated carbocycles. The maximum Gasteiger partial charge on any atom is 0.242 e. The van der Waals surface area contributed by atoms with Gasteiger partial charge in [0.15, 0.2) is 15.7 Å². The van der Waals surface area contributed by atoms with Gasteiger partial charge in [-0.1, -0.05) is 17.3 Å². The number of aromatic nitrogens is 5. The first kappa shape index (κ1) is 13.4. The van der Waals surface area contributed by atoms with Gasteiger partial charge in [0, 0.05) is 0 Å². The number of aromatic amines is 1. The molecule has 0 bridgehead atoms. The quantitative estimate of drug-likeness (QED) is 0.763. The highest BCUT2D eigenvalue weighted by atomic mass is 32.2. The second kappa shape index (κ2) is 5.05. The van der Waals surface area contributed by atoms with E-state index in [9.17, 15) is 12.8 Å². The topological polar surface area (TPSA) is 115 Å². The van der Waals surface area contributed by atoms with E-state index < -0.39 is 26.3 Å². The lowest BCUT2D eigenvalue weighted by atomic mass is 10.3. The van der Waals surface area contributed by atoms with Gasteiger partial charge in [-0.2, -0.15) is 10.1 Å². The van der Waals surface area contributed by atoms with Crippen molar-refractivity contribution < 1.29 is 17.3 Å². The highest BCUT2D eigenvalue weighted by Gasteiger charge is 2.23. The number of nitrogens with one attached hydrogen (secondary N) is 1. The van der Waals surface area contributed by atoms with E-state index in [1.807, 2.05) is 0 Å². The molecule has 0 spiro atoms. The molecule has 0 aliphatic carbocycles. The van der Waals surface area contributed by atoms with Gasteiger partial charge >= 0.3 is 0 Å². The fourth-order valence-corrected chi connectivity index (χ4v) is 2.91. The van der Waals surface area contributed by atoms with Crippen molar-refractivity contribution in [2.24, 2.45) is 0 Å². The molecular weight excluding hydrogens is 301 g/mol. The molecule has 0 radical (unpaired) electrons. The second-order valence-electron chi connectivity index (χ2n) is 4.04. The summed E-state index contributed by atoms with van der Waals surface area (Å²) >= 11 is 0. The van der Waals surface area contributed by atoms with Crippen LogP contribution >= 0.6 is 0 Å². The van der Waals surface area contributed by atoms with Crippen molar-refractivity contribution in [3.63, 3.8) is 0 Å². The Morgan fingerprint density at radius 2 is 2.10 bits per heavy atom. The molecule has 0 atom stereocenters. The molecule has 21 heavy (non-hydrogen) atoms. The van der Waals surface area contributed by atoms with Crippen molar-refractivity contribution in [3.05, 3.63) is 42.3 Å². The summed E-state index contributed by atoms with van der Waals surface area (Å²) < 4.78 is 42.6. The summed E-state index contributed by atoms with van der Waals surface area (Å²) in [6.07, 6.45) is 1.25. The first-order chi connectivity index (χ1) is 10.1. The van der Waals surface area contributed by atoms with Crippen molar-refractivity contribution >= 4 is 9.84 Å². The van der Waals surface area contributed by atoms with Gasteiger partial charge in [-0.25, -0.2) is 17.8 Å². The molecule has 8 nitrogen and oxygen atoms in total. The molecule has 3 rings (SSSR count). The van der Waals surface area contributed by atoms with Crippen LogP contribution in [0.1, 0.15) is 5.89 Å². The van der Waals surface area contributed by atoms with E-state index in [0.717, 1.165) is 6.07 Å². The van der Waals surface area contributed by atoms with Crippen LogP contribution in [-0.2, 0) is 15.6 Å². The van der Waals surface area contributed by atoms with Crippen LogP contribution in [0.25, 0.3) is 11.6 Å². The summed E-state index contributed by atoms with van der Waals surface area (Å²) in [6.45, 7) is 0. The Kier molecular flexibility index (Phi) is 3.22. The van der Waals surface area contributed by atoms with E-state index in [4.69, 9.17) is 4.52 Å². The van der Waals surface area contributed by atoms with Gasteiger partial charge in [-0.3, -0.25) is 5.10 Å². The minimum absolute atomic E-state index is 0.0752. The third-order valence-corrected chi connectivity index (χ3v) is 4.21. The van der Waals surface area contributed by atoms with Gasteiger partial charge in [-0.05, 0) is 12.1 Å². The summed E-state index contributed by atoms with van der Waals surface area (Å²) in [5.41, 5.74) is 0. The number of nitrogens with zero attached hydrogens (tertiary/aromatic N) is 4. The highest BCUT2D eigenvalue weighted by Crippen LogP contribution is 2.19. The van der Waals surface area contributed by atoms with E-state index in [1.165, 1.54) is 24.5 Å². The summed E-state index contributed by atoms with van der Waals surface area (Å²) in [4.78, 5) is 7.27. The Morgan fingerprint density at radius 1 is 1.29 bits per heavy atom. The average Bonchev–Trinajstić information content (AvgIpc) is 3.09. The van der Waals surface area contributed by atoms with Crippen LogP contribution in [-0.4, -0.2) is 33.7 Å². The molecule has 3 aromatic rings. The van der Waals surface area contributed by atoms with Gasteiger partial charge in [0.25, 0.3) is 0 Å². The standard InChI is InChI=1S/C11H8FN5O3S/c12-7-3-1-2-4-8(7)21(18,19)5-9-15-11(17-20-9)10-13-6-14-16-10/h1-4,6H,5H2,(H,13,14,16). The van der Waals surface area contributed by atoms with Gasteiger partial charge in [0.1, 0.15) is 22.8 Å². The zero-order chi connectivity index (χ0) is 14.9. The lowest BCUT2D eigenvalue weighted by Gasteiger charge is -2.02. The molecule has 2 heterocycles. The van der Waals surface area contributed by atoms with E-state index in [0.29, 0.717) is 0 Å². The number of sulfone groups is 1. The minimum atomic E-state index is -3.92. The molecule has 0 unspecified atom stereocenters. The van der Waals surface area contributed by atoms with Crippen LogP contribution in [0, 0.1) is 5.82 Å². The predicted molar refractivity (Wildman–Crippen MR) is 67.0 cm³/mol. The molecule has 0 aliphatic rings. The van der Waals surface area contributed by atoms with Crippen molar-refractivity contribution in [1.29, 1.82) is 0 Å². The molecule has 2 aromatic heterocycles. The number of hydrogen-bond donors (Lipinski definition) is 1. The SMILES string of the molecule is O=S(=O)(Cc1nc(-c2ncn[nH]2)no1)c1ccccc1F. The van der Waals surface area contributed by atoms with E-state index in [-0.39, 0.29) is 17.5 Å². The summed E-state index contributed by atoms with van der Waals surface area (Å²) in [5, 5.41) is 9.71. The fraction of sp³-hybridized carbons (Fsp3) is 0.0909. The molecule has 0 amide bonds. The van der Waals surface area contributed by atoms with E-state index in [2.05, 4.69) is 25.3 Å². The second-order valence-corrected chi connectivity index (χ2v) is 5.99. The van der Waals surface area contributed by atoms with Gasteiger partial charge < -0.3 is 4.52 Å². The first-order valence-electron chi connectivity index (χ1n) is 5.72. The normalized spacial score (nSPS) is 11.7. The number of halogens is 1. The van der Waals surface area contributed by atoms with E-state index in [1.54, 1.807) is 0 Å². The zero-order valence-corrected chi connectivity index (χ0v) is 11.2. The highest BCUT2D eigenvalue weighted by molar-refractivity contribution is 7.90. The number of rotatable bonds is 4. The fourth-order valence-electron chi connectivity index (χ4n) is 1.66. The van der Waals surface area contributed by atoms with Crippen molar-refractivity contribution in [2.75, 3.05) is 0 Å². The third kappa shape index (κ3) is 2.65. The molecule has 0 fully saturated rings. The molecule has 1 aromatic carbocycles. The van der Waals surface area contributed by atoms with Crippen LogP contribution in [0.3, 0.4) is 0 Å². The Balaban J connectivity index is 1.88. The molecular formula is C11H8FN5O3S. The Labute approximate surface area is 118 Å². The number of hydrogen-bond acceptors (Lipinski definition) is 7. The summed E-state index contributed by atoms with van der Waals surface area (Å²) in [7, 11) is -3.92. The molecule has 0 aliphatic heterocycles. The maximum atomic E-state index is 13.5. The minimum Gasteiger partial charge on any atom is -0.338 e. The Hall–Kier alpha value is -2.62. The van der Waals surface area contributed by atoms with Crippen LogP contribution < -0.4 is 0 Å². The lowest BCUT2D eigenvalue weighted by Crippen LogP contribution is -2.07. The molecule has 108 valence electrons.